The molecule has 2 nitrogen and oxygen atoms in total. The zero-order chi connectivity index (χ0) is 9.42. The highest BCUT2D eigenvalue weighted by molar-refractivity contribution is 6.32. The zero-order valence-corrected chi connectivity index (χ0v) is 7.96. The van der Waals surface area contributed by atoms with Crippen LogP contribution < -0.4 is 5.73 Å². The van der Waals surface area contributed by atoms with E-state index >= 15 is 0 Å². The molecule has 0 amide bonds. The molecule has 1 fully saturated rings. The van der Waals surface area contributed by atoms with E-state index in [1.165, 1.54) is 12.8 Å². The fourth-order valence-corrected chi connectivity index (χ4v) is 1.65. The molecule has 1 aliphatic carbocycles. The van der Waals surface area contributed by atoms with Crippen LogP contribution in [0.5, 0.6) is 5.75 Å². The Labute approximate surface area is 82.3 Å². The van der Waals surface area contributed by atoms with Crippen molar-refractivity contribution in [1.29, 1.82) is 0 Å². The average Bonchev–Trinajstić information content (AvgIpc) is 2.91. The van der Waals surface area contributed by atoms with E-state index in [1.54, 1.807) is 12.1 Å². The van der Waals surface area contributed by atoms with Gasteiger partial charge in [0.1, 0.15) is 5.75 Å². The molecule has 70 valence electrons. The van der Waals surface area contributed by atoms with Crippen molar-refractivity contribution in [1.82, 2.24) is 0 Å². The van der Waals surface area contributed by atoms with Crippen molar-refractivity contribution < 1.29 is 5.11 Å². The number of benzene rings is 1. The van der Waals surface area contributed by atoms with Gasteiger partial charge in [-0.25, -0.2) is 0 Å². The third-order valence-corrected chi connectivity index (χ3v) is 2.79. The second kappa shape index (κ2) is 3.20. The lowest BCUT2D eigenvalue weighted by Crippen LogP contribution is -2.11. The molecule has 3 heteroatoms. The minimum absolute atomic E-state index is 0.0816. The van der Waals surface area contributed by atoms with Crippen LogP contribution >= 0.6 is 11.6 Å². The van der Waals surface area contributed by atoms with Crippen molar-refractivity contribution in [3.05, 3.63) is 28.8 Å². The summed E-state index contributed by atoms with van der Waals surface area (Å²) >= 11 is 5.78. The number of halogens is 1. The van der Waals surface area contributed by atoms with Crippen LogP contribution in [-0.2, 0) is 0 Å². The maximum Gasteiger partial charge on any atom is 0.134 e. The zero-order valence-electron chi connectivity index (χ0n) is 7.20. The molecule has 0 saturated heterocycles. The van der Waals surface area contributed by atoms with Gasteiger partial charge in [0.25, 0.3) is 0 Å². The molecule has 0 bridgehead atoms. The Bertz CT molecular complexity index is 323. The van der Waals surface area contributed by atoms with Crippen molar-refractivity contribution >= 4 is 11.6 Å². The first-order chi connectivity index (χ1) is 6.18. The van der Waals surface area contributed by atoms with E-state index in [0.29, 0.717) is 10.9 Å². The molecule has 1 atom stereocenters. The van der Waals surface area contributed by atoms with Crippen LogP contribution in [0.25, 0.3) is 0 Å². The molecule has 0 heterocycles. The Balaban J connectivity index is 2.24. The molecular weight excluding hydrogens is 186 g/mol. The summed E-state index contributed by atoms with van der Waals surface area (Å²) in [5.41, 5.74) is 7.00. The van der Waals surface area contributed by atoms with Crippen LogP contribution in [0.3, 0.4) is 0 Å². The fourth-order valence-electron chi connectivity index (χ4n) is 1.46. The van der Waals surface area contributed by atoms with Gasteiger partial charge in [-0.1, -0.05) is 17.7 Å². The van der Waals surface area contributed by atoms with Crippen LogP contribution in [0.1, 0.15) is 24.4 Å². The van der Waals surface area contributed by atoms with Gasteiger partial charge in [-0.15, -0.1) is 0 Å². The van der Waals surface area contributed by atoms with Gasteiger partial charge in [0.15, 0.2) is 0 Å². The second-order valence-corrected chi connectivity index (χ2v) is 3.98. The molecule has 0 aliphatic heterocycles. The van der Waals surface area contributed by atoms with Gasteiger partial charge < -0.3 is 10.8 Å². The van der Waals surface area contributed by atoms with Crippen LogP contribution in [-0.4, -0.2) is 5.11 Å². The van der Waals surface area contributed by atoms with Gasteiger partial charge in [-0.3, -0.25) is 0 Å². The highest BCUT2D eigenvalue weighted by Crippen LogP contribution is 2.40. The Morgan fingerprint density at radius 2 is 2.15 bits per heavy atom. The molecular formula is C10H12ClNO. The van der Waals surface area contributed by atoms with Gasteiger partial charge >= 0.3 is 0 Å². The number of rotatable bonds is 2. The monoisotopic (exact) mass is 197 g/mol. The van der Waals surface area contributed by atoms with Crippen LogP contribution in [0.15, 0.2) is 18.2 Å². The summed E-state index contributed by atoms with van der Waals surface area (Å²) in [5.74, 6) is 0.731. The summed E-state index contributed by atoms with van der Waals surface area (Å²) in [6.07, 6.45) is 2.42. The van der Waals surface area contributed by atoms with E-state index in [1.807, 2.05) is 6.07 Å². The van der Waals surface area contributed by atoms with E-state index < -0.39 is 0 Å². The summed E-state index contributed by atoms with van der Waals surface area (Å²) in [5, 5.41) is 9.59. The molecule has 13 heavy (non-hydrogen) atoms. The molecule has 1 aliphatic rings. The topological polar surface area (TPSA) is 46.2 Å². The second-order valence-electron chi connectivity index (χ2n) is 3.57. The molecule has 1 unspecified atom stereocenters. The predicted octanol–water partition coefficient (Wildman–Crippen LogP) is 2.46. The van der Waals surface area contributed by atoms with E-state index in [2.05, 4.69) is 0 Å². The van der Waals surface area contributed by atoms with Gasteiger partial charge in [0.2, 0.25) is 0 Å². The average molecular weight is 198 g/mol. The summed E-state index contributed by atoms with van der Waals surface area (Å²) in [7, 11) is 0. The minimum atomic E-state index is 0.0816. The number of phenols is 1. The molecule has 1 aromatic rings. The summed E-state index contributed by atoms with van der Waals surface area (Å²) in [4.78, 5) is 0. The standard InChI is InChI=1S/C10H12ClNO/c11-8-5-7(3-4-9(8)13)10(12)6-1-2-6/h3-6,10,13H,1-2,12H2. The third kappa shape index (κ3) is 1.79. The highest BCUT2D eigenvalue weighted by Gasteiger charge is 2.29. The maximum absolute atomic E-state index is 9.21. The van der Waals surface area contributed by atoms with Crippen LogP contribution in [0.2, 0.25) is 5.02 Å². The summed E-state index contributed by atoms with van der Waals surface area (Å²) in [6.45, 7) is 0. The normalized spacial score (nSPS) is 18.6. The van der Waals surface area contributed by atoms with Crippen molar-refractivity contribution in [2.75, 3.05) is 0 Å². The first-order valence-electron chi connectivity index (χ1n) is 4.42. The lowest BCUT2D eigenvalue weighted by atomic mass is 10.0. The molecule has 0 aromatic heterocycles. The van der Waals surface area contributed by atoms with Gasteiger partial charge in [0.05, 0.1) is 5.02 Å². The van der Waals surface area contributed by atoms with Crippen LogP contribution in [0, 0.1) is 5.92 Å². The largest absolute Gasteiger partial charge is 0.506 e. The van der Waals surface area contributed by atoms with Gasteiger partial charge in [-0.2, -0.15) is 0 Å². The maximum atomic E-state index is 9.21. The quantitative estimate of drug-likeness (QED) is 0.765. The highest BCUT2D eigenvalue weighted by atomic mass is 35.5. The Morgan fingerprint density at radius 1 is 1.46 bits per heavy atom. The van der Waals surface area contributed by atoms with Gasteiger partial charge in [0, 0.05) is 6.04 Å². The SMILES string of the molecule is NC(c1ccc(O)c(Cl)c1)C1CC1. The number of phenolic OH excluding ortho intramolecular Hbond substituents is 1. The van der Waals surface area contributed by atoms with Crippen molar-refractivity contribution in [3.8, 4) is 5.75 Å². The summed E-state index contributed by atoms with van der Waals surface area (Å²) in [6, 6.07) is 5.27. The first-order valence-corrected chi connectivity index (χ1v) is 4.80. The molecule has 0 radical (unpaired) electrons. The predicted molar refractivity (Wildman–Crippen MR) is 52.8 cm³/mol. The number of nitrogens with two attached hydrogens (primary N) is 1. The lowest BCUT2D eigenvalue weighted by molar-refractivity contribution is 0.475. The Kier molecular flexibility index (Phi) is 2.18. The van der Waals surface area contributed by atoms with E-state index in [-0.39, 0.29) is 11.8 Å². The van der Waals surface area contributed by atoms with Crippen molar-refractivity contribution in [3.63, 3.8) is 0 Å². The molecule has 2 rings (SSSR count). The van der Waals surface area contributed by atoms with E-state index in [4.69, 9.17) is 17.3 Å². The Morgan fingerprint density at radius 3 is 2.69 bits per heavy atom. The van der Waals surface area contributed by atoms with Crippen molar-refractivity contribution in [2.45, 2.75) is 18.9 Å². The summed E-state index contributed by atoms with van der Waals surface area (Å²) < 4.78 is 0. The molecule has 1 saturated carbocycles. The number of hydrogen-bond acceptors (Lipinski definition) is 2. The minimum Gasteiger partial charge on any atom is -0.506 e. The van der Waals surface area contributed by atoms with Gasteiger partial charge in [-0.05, 0) is 36.5 Å². The van der Waals surface area contributed by atoms with Crippen LogP contribution in [0.4, 0.5) is 0 Å². The molecule has 3 N–H and O–H groups in total. The first kappa shape index (κ1) is 8.85. The molecule has 0 spiro atoms. The fraction of sp³-hybridized carbons (Fsp3) is 0.400. The molecule has 1 aromatic carbocycles. The van der Waals surface area contributed by atoms with E-state index in [9.17, 15) is 5.11 Å². The smallest absolute Gasteiger partial charge is 0.134 e. The van der Waals surface area contributed by atoms with E-state index in [0.717, 1.165) is 5.56 Å². The number of hydrogen-bond donors (Lipinski definition) is 2. The lowest BCUT2D eigenvalue weighted by Gasteiger charge is -2.10. The third-order valence-electron chi connectivity index (χ3n) is 2.49. The Hall–Kier alpha value is -0.730. The van der Waals surface area contributed by atoms with Crippen molar-refractivity contribution in [2.24, 2.45) is 11.7 Å². The number of aromatic hydroxyl groups is 1.